The third-order valence-corrected chi connectivity index (χ3v) is 6.17. The highest BCUT2D eigenvalue weighted by Crippen LogP contribution is 2.55. The van der Waals surface area contributed by atoms with Gasteiger partial charge in [0, 0.05) is 18.6 Å². The maximum Gasteiger partial charge on any atom is 0.318 e. The molecule has 0 aromatic carbocycles. The van der Waals surface area contributed by atoms with Crippen molar-refractivity contribution in [2.75, 3.05) is 26.3 Å². The van der Waals surface area contributed by atoms with Gasteiger partial charge in [-0.1, -0.05) is 0 Å². The van der Waals surface area contributed by atoms with E-state index >= 15 is 0 Å². The molecule has 5 rings (SSSR count). The van der Waals surface area contributed by atoms with Gasteiger partial charge in [0.15, 0.2) is 0 Å². The number of nitrogens with zero attached hydrogens (tertiary/aromatic N) is 1. The number of nitrogens with one attached hydrogen (secondary N) is 1. The third-order valence-electron chi connectivity index (χ3n) is 6.17. The monoisotopic (exact) mass is 293 g/mol. The molecule has 3 N–H and O–H groups in total. The zero-order valence-corrected chi connectivity index (χ0v) is 12.7. The van der Waals surface area contributed by atoms with Crippen molar-refractivity contribution in [3.8, 4) is 0 Å². The summed E-state index contributed by atoms with van der Waals surface area (Å²) in [4.78, 5) is 14.7. The third kappa shape index (κ3) is 2.44. The van der Waals surface area contributed by atoms with Gasteiger partial charge in [-0.25, -0.2) is 4.79 Å². The van der Waals surface area contributed by atoms with E-state index in [0.29, 0.717) is 26.3 Å². The Kier molecular flexibility index (Phi) is 3.38. The first-order valence-electron chi connectivity index (χ1n) is 8.54. The largest absolute Gasteiger partial charge is 0.377 e. The number of urea groups is 1. The Morgan fingerprint density at radius 1 is 1.19 bits per heavy atom. The highest BCUT2D eigenvalue weighted by Gasteiger charge is 2.52. The number of rotatable bonds is 2. The standard InChI is InChI=1S/C16H27N3O2/c17-9-14-10-21-2-1-19(14)15(20)18-16-6-11-3-12(7-16)5-13(4-11)8-16/h11-14H,1-10,17H2,(H,18,20). The Labute approximate surface area is 126 Å². The molecule has 4 aliphatic carbocycles. The van der Waals surface area contributed by atoms with Crippen LogP contribution in [0.5, 0.6) is 0 Å². The van der Waals surface area contributed by atoms with Crippen LogP contribution in [0.25, 0.3) is 0 Å². The summed E-state index contributed by atoms with van der Waals surface area (Å²) in [5.74, 6) is 2.56. The Hall–Kier alpha value is -0.810. The number of nitrogens with two attached hydrogens (primary N) is 1. The van der Waals surface area contributed by atoms with Gasteiger partial charge in [-0.3, -0.25) is 0 Å². The van der Waals surface area contributed by atoms with Gasteiger partial charge in [0.25, 0.3) is 0 Å². The lowest BCUT2D eigenvalue weighted by atomic mass is 9.53. The zero-order chi connectivity index (χ0) is 14.4. The summed E-state index contributed by atoms with van der Waals surface area (Å²) >= 11 is 0. The van der Waals surface area contributed by atoms with Gasteiger partial charge in [0.05, 0.1) is 19.3 Å². The van der Waals surface area contributed by atoms with E-state index in [9.17, 15) is 4.79 Å². The highest BCUT2D eigenvalue weighted by atomic mass is 16.5. The molecule has 118 valence electrons. The van der Waals surface area contributed by atoms with Crippen molar-refractivity contribution in [1.29, 1.82) is 0 Å². The molecule has 1 saturated heterocycles. The number of carbonyl (C=O) groups is 1. The van der Waals surface area contributed by atoms with Crippen molar-refractivity contribution in [1.82, 2.24) is 10.2 Å². The van der Waals surface area contributed by atoms with Crippen LogP contribution in [0.3, 0.4) is 0 Å². The molecule has 0 spiro atoms. The fourth-order valence-corrected chi connectivity index (χ4v) is 5.68. The van der Waals surface area contributed by atoms with Crippen LogP contribution in [0, 0.1) is 17.8 Å². The van der Waals surface area contributed by atoms with Crippen molar-refractivity contribution in [2.45, 2.75) is 50.1 Å². The number of carbonyl (C=O) groups excluding carboxylic acids is 1. The first-order chi connectivity index (χ1) is 10.2. The van der Waals surface area contributed by atoms with Crippen LogP contribution in [-0.4, -0.2) is 48.8 Å². The van der Waals surface area contributed by atoms with E-state index in [2.05, 4.69) is 5.32 Å². The van der Waals surface area contributed by atoms with Crippen LogP contribution in [0.4, 0.5) is 4.79 Å². The minimum Gasteiger partial charge on any atom is -0.377 e. The molecule has 0 radical (unpaired) electrons. The van der Waals surface area contributed by atoms with Gasteiger partial charge in [-0.05, 0) is 56.3 Å². The molecule has 5 nitrogen and oxygen atoms in total. The zero-order valence-electron chi connectivity index (χ0n) is 12.7. The van der Waals surface area contributed by atoms with Crippen molar-refractivity contribution in [3.63, 3.8) is 0 Å². The predicted molar refractivity (Wildman–Crippen MR) is 79.8 cm³/mol. The lowest BCUT2D eigenvalue weighted by molar-refractivity contribution is -0.0235. The molecule has 21 heavy (non-hydrogen) atoms. The lowest BCUT2D eigenvalue weighted by Gasteiger charge is -2.57. The summed E-state index contributed by atoms with van der Waals surface area (Å²) in [6.07, 6.45) is 7.79. The second kappa shape index (κ2) is 5.13. The van der Waals surface area contributed by atoms with Gasteiger partial charge >= 0.3 is 6.03 Å². The second-order valence-electron chi connectivity index (χ2n) is 7.79. The minimum absolute atomic E-state index is 0.0349. The smallest absolute Gasteiger partial charge is 0.318 e. The van der Waals surface area contributed by atoms with E-state index in [1.807, 2.05) is 4.90 Å². The fraction of sp³-hybridized carbons (Fsp3) is 0.938. The Morgan fingerprint density at radius 3 is 2.38 bits per heavy atom. The minimum atomic E-state index is 0.0349. The summed E-state index contributed by atoms with van der Waals surface area (Å²) in [5, 5.41) is 3.43. The topological polar surface area (TPSA) is 67.6 Å². The molecule has 1 atom stereocenters. The van der Waals surface area contributed by atoms with Crippen LogP contribution in [-0.2, 0) is 4.74 Å². The van der Waals surface area contributed by atoms with Gasteiger partial charge < -0.3 is 20.7 Å². The van der Waals surface area contributed by atoms with Crippen molar-refractivity contribution in [3.05, 3.63) is 0 Å². The summed E-state index contributed by atoms with van der Waals surface area (Å²) in [6.45, 7) is 2.35. The molecule has 0 aromatic rings. The molecule has 1 heterocycles. The van der Waals surface area contributed by atoms with E-state index < -0.39 is 0 Å². The summed E-state index contributed by atoms with van der Waals surface area (Å²) < 4.78 is 5.45. The number of hydrogen-bond acceptors (Lipinski definition) is 3. The Bertz CT molecular complexity index is 390. The predicted octanol–water partition coefficient (Wildman–Crippen LogP) is 1.32. The lowest BCUT2D eigenvalue weighted by Crippen LogP contribution is -2.64. The molecule has 1 aliphatic heterocycles. The Balaban J connectivity index is 1.46. The van der Waals surface area contributed by atoms with Gasteiger partial charge in [-0.15, -0.1) is 0 Å². The van der Waals surface area contributed by atoms with E-state index in [0.717, 1.165) is 17.8 Å². The molecule has 5 aliphatic rings. The summed E-state index contributed by atoms with van der Waals surface area (Å²) in [5.41, 5.74) is 5.88. The molecule has 2 amide bonds. The normalized spacial score (nSPS) is 44.9. The average molecular weight is 293 g/mol. The van der Waals surface area contributed by atoms with Crippen LogP contribution < -0.4 is 11.1 Å². The van der Waals surface area contributed by atoms with Crippen LogP contribution in [0.2, 0.25) is 0 Å². The van der Waals surface area contributed by atoms with E-state index in [1.54, 1.807) is 0 Å². The molecule has 4 saturated carbocycles. The van der Waals surface area contributed by atoms with Crippen molar-refractivity contribution >= 4 is 6.03 Å². The van der Waals surface area contributed by atoms with E-state index in [1.165, 1.54) is 38.5 Å². The van der Waals surface area contributed by atoms with Crippen LogP contribution >= 0.6 is 0 Å². The average Bonchev–Trinajstić information content (AvgIpc) is 2.45. The molecule has 0 aromatic heterocycles. The summed E-state index contributed by atoms with van der Waals surface area (Å²) in [6, 6.07) is 0.128. The SMILES string of the molecule is NCC1COCCN1C(=O)NC12CC3CC(CC(C3)C1)C2. The van der Waals surface area contributed by atoms with Gasteiger partial charge in [0.1, 0.15) is 0 Å². The highest BCUT2D eigenvalue weighted by molar-refractivity contribution is 5.75. The number of hydrogen-bond donors (Lipinski definition) is 2. The maximum absolute atomic E-state index is 12.8. The quantitative estimate of drug-likeness (QED) is 0.807. The first kappa shape index (κ1) is 13.8. The van der Waals surface area contributed by atoms with Crippen molar-refractivity contribution < 1.29 is 9.53 Å². The fourth-order valence-electron chi connectivity index (χ4n) is 5.68. The molecular weight excluding hydrogens is 266 g/mol. The maximum atomic E-state index is 12.8. The molecule has 4 bridgehead atoms. The summed E-state index contributed by atoms with van der Waals surface area (Å²) in [7, 11) is 0. The van der Waals surface area contributed by atoms with Gasteiger partial charge in [0.2, 0.25) is 0 Å². The number of morpholine rings is 1. The first-order valence-corrected chi connectivity index (χ1v) is 8.54. The Morgan fingerprint density at radius 2 is 1.81 bits per heavy atom. The molecular formula is C16H27N3O2. The molecule has 5 heteroatoms. The van der Waals surface area contributed by atoms with Crippen LogP contribution in [0.1, 0.15) is 38.5 Å². The van der Waals surface area contributed by atoms with Crippen LogP contribution in [0.15, 0.2) is 0 Å². The second-order valence-corrected chi connectivity index (χ2v) is 7.79. The molecule has 5 fully saturated rings. The van der Waals surface area contributed by atoms with Crippen molar-refractivity contribution in [2.24, 2.45) is 23.5 Å². The number of amides is 2. The van der Waals surface area contributed by atoms with Gasteiger partial charge in [-0.2, -0.15) is 0 Å². The van der Waals surface area contributed by atoms with E-state index in [-0.39, 0.29) is 17.6 Å². The molecule has 1 unspecified atom stereocenters. The number of ether oxygens (including phenoxy) is 1. The van der Waals surface area contributed by atoms with E-state index in [4.69, 9.17) is 10.5 Å².